The van der Waals surface area contributed by atoms with Crippen LogP contribution in [-0.4, -0.2) is 37.9 Å². The summed E-state index contributed by atoms with van der Waals surface area (Å²) in [5.74, 6) is -0.641. The Balaban J connectivity index is 2.15. The van der Waals surface area contributed by atoms with Crippen LogP contribution in [-0.2, 0) is 14.8 Å². The standard InChI is InChI=1S/C16H20N2O4S/c1-13(12-17)22-16(19)14-6-8-15(9-7-14)23(20,21)18-10-4-2-3-5-11-18/h6-9,13H,2-5,10-11H2,1H3/t13-/m1/s1. The van der Waals surface area contributed by atoms with Gasteiger partial charge in [0, 0.05) is 13.1 Å². The van der Waals surface area contributed by atoms with E-state index in [1.165, 1.54) is 35.5 Å². The molecule has 0 spiro atoms. The molecule has 6 nitrogen and oxygen atoms in total. The van der Waals surface area contributed by atoms with Crippen molar-refractivity contribution in [2.75, 3.05) is 13.1 Å². The lowest BCUT2D eigenvalue weighted by Crippen LogP contribution is -2.31. The number of sulfonamides is 1. The average molecular weight is 336 g/mol. The van der Waals surface area contributed by atoms with E-state index < -0.39 is 22.1 Å². The molecule has 1 heterocycles. The topological polar surface area (TPSA) is 87.5 Å². The number of esters is 1. The summed E-state index contributed by atoms with van der Waals surface area (Å²) in [5.41, 5.74) is 0.224. The van der Waals surface area contributed by atoms with Crippen molar-refractivity contribution < 1.29 is 17.9 Å². The predicted octanol–water partition coefficient (Wildman–Crippen LogP) is 2.32. The summed E-state index contributed by atoms with van der Waals surface area (Å²) >= 11 is 0. The molecule has 0 amide bonds. The number of carbonyl (C=O) groups is 1. The molecule has 2 rings (SSSR count). The molecule has 0 unspecified atom stereocenters. The van der Waals surface area contributed by atoms with Crippen molar-refractivity contribution in [1.82, 2.24) is 4.31 Å². The van der Waals surface area contributed by atoms with Crippen LogP contribution in [0.2, 0.25) is 0 Å². The molecule has 1 fully saturated rings. The van der Waals surface area contributed by atoms with Crippen LogP contribution in [0.4, 0.5) is 0 Å². The SMILES string of the molecule is C[C@H](C#N)OC(=O)c1ccc(S(=O)(=O)N2CCCCCC2)cc1. The zero-order valence-corrected chi connectivity index (χ0v) is 13.9. The smallest absolute Gasteiger partial charge is 0.339 e. The van der Waals surface area contributed by atoms with E-state index in [4.69, 9.17) is 10.00 Å². The summed E-state index contributed by atoms with van der Waals surface area (Å²) in [4.78, 5) is 12.0. The highest BCUT2D eigenvalue weighted by molar-refractivity contribution is 7.89. The summed E-state index contributed by atoms with van der Waals surface area (Å²) in [6.45, 7) is 2.54. The molecular formula is C16H20N2O4S. The molecule has 1 saturated heterocycles. The third-order valence-electron chi connectivity index (χ3n) is 3.76. The van der Waals surface area contributed by atoms with E-state index in [1.54, 1.807) is 6.07 Å². The number of hydrogen-bond donors (Lipinski definition) is 0. The first-order chi connectivity index (χ1) is 10.9. The van der Waals surface area contributed by atoms with Crippen molar-refractivity contribution in [1.29, 1.82) is 5.26 Å². The summed E-state index contributed by atoms with van der Waals surface area (Å²) in [5, 5.41) is 8.64. The van der Waals surface area contributed by atoms with E-state index >= 15 is 0 Å². The lowest BCUT2D eigenvalue weighted by atomic mass is 10.2. The normalized spacial score (nSPS) is 17.7. The number of carbonyl (C=O) groups excluding carboxylic acids is 1. The van der Waals surface area contributed by atoms with Crippen molar-refractivity contribution in [3.63, 3.8) is 0 Å². The average Bonchev–Trinajstić information content (AvgIpc) is 2.84. The Labute approximate surface area is 136 Å². The molecule has 1 aliphatic rings. The van der Waals surface area contributed by atoms with Gasteiger partial charge in [0.05, 0.1) is 10.5 Å². The molecule has 23 heavy (non-hydrogen) atoms. The number of nitriles is 1. The van der Waals surface area contributed by atoms with Crippen molar-refractivity contribution >= 4 is 16.0 Å². The van der Waals surface area contributed by atoms with E-state index in [-0.39, 0.29) is 10.5 Å². The van der Waals surface area contributed by atoms with E-state index in [0.29, 0.717) is 13.1 Å². The van der Waals surface area contributed by atoms with Gasteiger partial charge in [0.15, 0.2) is 6.10 Å². The number of ether oxygens (including phenoxy) is 1. The van der Waals surface area contributed by atoms with Crippen molar-refractivity contribution in [3.8, 4) is 6.07 Å². The van der Waals surface area contributed by atoms with E-state index in [2.05, 4.69) is 0 Å². The Bertz CT molecular complexity index is 684. The van der Waals surface area contributed by atoms with Crippen LogP contribution in [0.15, 0.2) is 29.2 Å². The van der Waals surface area contributed by atoms with Crippen LogP contribution >= 0.6 is 0 Å². The first-order valence-electron chi connectivity index (χ1n) is 7.66. The van der Waals surface area contributed by atoms with Gasteiger partial charge < -0.3 is 4.74 Å². The minimum atomic E-state index is -3.53. The van der Waals surface area contributed by atoms with Gasteiger partial charge in [-0.05, 0) is 44.0 Å². The van der Waals surface area contributed by atoms with Crippen molar-refractivity contribution in [2.24, 2.45) is 0 Å². The Morgan fingerprint density at radius 1 is 1.17 bits per heavy atom. The van der Waals surface area contributed by atoms with Crippen molar-refractivity contribution in [3.05, 3.63) is 29.8 Å². The Morgan fingerprint density at radius 3 is 2.26 bits per heavy atom. The molecule has 0 saturated carbocycles. The molecule has 0 bridgehead atoms. The van der Waals surface area contributed by atoms with Gasteiger partial charge in [0.1, 0.15) is 6.07 Å². The first kappa shape index (κ1) is 17.4. The second-order valence-electron chi connectivity index (χ2n) is 5.52. The molecule has 1 aromatic rings. The highest BCUT2D eigenvalue weighted by Gasteiger charge is 2.25. The first-order valence-corrected chi connectivity index (χ1v) is 9.10. The summed E-state index contributed by atoms with van der Waals surface area (Å²) < 4.78 is 31.6. The van der Waals surface area contributed by atoms with Crippen LogP contribution in [0.1, 0.15) is 43.0 Å². The maximum absolute atomic E-state index is 12.6. The van der Waals surface area contributed by atoms with E-state index in [9.17, 15) is 13.2 Å². The fourth-order valence-electron chi connectivity index (χ4n) is 2.45. The minimum Gasteiger partial charge on any atom is -0.444 e. The van der Waals surface area contributed by atoms with Crippen LogP contribution in [0.3, 0.4) is 0 Å². The molecule has 1 atom stereocenters. The second kappa shape index (κ2) is 7.57. The molecular weight excluding hydrogens is 316 g/mol. The summed E-state index contributed by atoms with van der Waals surface area (Å²) in [6, 6.07) is 7.45. The van der Waals surface area contributed by atoms with Gasteiger partial charge in [-0.2, -0.15) is 9.57 Å². The summed E-state index contributed by atoms with van der Waals surface area (Å²) in [6.07, 6.45) is 3.00. The molecule has 0 aliphatic carbocycles. The fourth-order valence-corrected chi connectivity index (χ4v) is 3.97. The van der Waals surface area contributed by atoms with Gasteiger partial charge in [0.2, 0.25) is 10.0 Å². The zero-order valence-electron chi connectivity index (χ0n) is 13.1. The van der Waals surface area contributed by atoms with E-state index in [1.807, 2.05) is 0 Å². The molecule has 0 radical (unpaired) electrons. The van der Waals surface area contributed by atoms with Crippen LogP contribution in [0.5, 0.6) is 0 Å². The molecule has 0 N–H and O–H groups in total. The molecule has 1 aliphatic heterocycles. The lowest BCUT2D eigenvalue weighted by Gasteiger charge is -2.20. The maximum Gasteiger partial charge on any atom is 0.339 e. The molecule has 124 valence electrons. The number of rotatable bonds is 4. The van der Waals surface area contributed by atoms with Crippen LogP contribution in [0.25, 0.3) is 0 Å². The highest BCUT2D eigenvalue weighted by Crippen LogP contribution is 2.21. The number of benzene rings is 1. The molecule has 0 aromatic heterocycles. The Morgan fingerprint density at radius 2 is 1.74 bits per heavy atom. The third kappa shape index (κ3) is 4.30. The predicted molar refractivity (Wildman–Crippen MR) is 84.2 cm³/mol. The number of hydrogen-bond acceptors (Lipinski definition) is 5. The second-order valence-corrected chi connectivity index (χ2v) is 7.46. The molecule has 1 aromatic carbocycles. The number of nitrogens with zero attached hydrogens (tertiary/aromatic N) is 2. The van der Waals surface area contributed by atoms with Gasteiger partial charge in [-0.25, -0.2) is 13.2 Å². The Kier molecular flexibility index (Phi) is 5.74. The summed E-state index contributed by atoms with van der Waals surface area (Å²) in [7, 11) is -3.53. The fraction of sp³-hybridized carbons (Fsp3) is 0.500. The van der Waals surface area contributed by atoms with Gasteiger partial charge in [-0.3, -0.25) is 0 Å². The third-order valence-corrected chi connectivity index (χ3v) is 5.67. The largest absolute Gasteiger partial charge is 0.444 e. The van der Waals surface area contributed by atoms with Gasteiger partial charge in [0.25, 0.3) is 0 Å². The highest BCUT2D eigenvalue weighted by atomic mass is 32.2. The van der Waals surface area contributed by atoms with Gasteiger partial charge >= 0.3 is 5.97 Å². The van der Waals surface area contributed by atoms with E-state index in [0.717, 1.165) is 25.7 Å². The monoisotopic (exact) mass is 336 g/mol. The minimum absolute atomic E-state index is 0.171. The Hall–Kier alpha value is -1.91. The van der Waals surface area contributed by atoms with Gasteiger partial charge in [-0.1, -0.05) is 12.8 Å². The van der Waals surface area contributed by atoms with Crippen LogP contribution in [0, 0.1) is 11.3 Å². The van der Waals surface area contributed by atoms with Crippen molar-refractivity contribution in [2.45, 2.75) is 43.6 Å². The zero-order chi connectivity index (χ0) is 16.9. The molecule has 7 heteroatoms. The maximum atomic E-state index is 12.6. The lowest BCUT2D eigenvalue weighted by molar-refractivity contribution is 0.0435. The van der Waals surface area contributed by atoms with Gasteiger partial charge in [-0.15, -0.1) is 0 Å². The quantitative estimate of drug-likeness (QED) is 0.787. The van der Waals surface area contributed by atoms with Crippen LogP contribution < -0.4 is 0 Å².